The minimum absolute atomic E-state index is 0.574. The maximum absolute atomic E-state index is 5.58. The van der Waals surface area contributed by atoms with E-state index in [9.17, 15) is 0 Å². The molecule has 15 heavy (non-hydrogen) atoms. The predicted molar refractivity (Wildman–Crippen MR) is 66.0 cm³/mol. The molecule has 0 aliphatic heterocycles. The van der Waals surface area contributed by atoms with Gasteiger partial charge in [-0.3, -0.25) is 0 Å². The van der Waals surface area contributed by atoms with Gasteiger partial charge in [0.1, 0.15) is 11.6 Å². The minimum Gasteiger partial charge on any atom is -0.439 e. The third-order valence-corrected chi connectivity index (χ3v) is 2.44. The summed E-state index contributed by atoms with van der Waals surface area (Å²) in [6.07, 6.45) is 1.69. The Morgan fingerprint density at radius 3 is 2.87 bits per heavy atom. The zero-order chi connectivity index (χ0) is 10.7. The lowest BCUT2D eigenvalue weighted by Gasteiger charge is -2.04. The average molecular weight is 312 g/mol. The molecule has 0 amide bonds. The molecule has 2 aromatic rings. The van der Waals surface area contributed by atoms with E-state index < -0.39 is 0 Å². The number of rotatable bonds is 2. The first-order chi connectivity index (χ1) is 7.24. The standard InChI is InChI=1S/C11H9IN2O/c1-8-13-6-5-11(14-8)15-10-4-2-3-9(12)7-10/h2-7H,1H3. The third kappa shape index (κ3) is 2.89. The zero-order valence-electron chi connectivity index (χ0n) is 8.14. The Bertz CT molecular complexity index is 430. The number of benzene rings is 1. The zero-order valence-corrected chi connectivity index (χ0v) is 10.3. The summed E-state index contributed by atoms with van der Waals surface area (Å²) in [5.41, 5.74) is 0. The fourth-order valence-electron chi connectivity index (χ4n) is 1.14. The molecule has 0 aliphatic carbocycles. The fraction of sp³-hybridized carbons (Fsp3) is 0.0909. The molecule has 0 saturated heterocycles. The topological polar surface area (TPSA) is 35.0 Å². The van der Waals surface area contributed by atoms with Crippen molar-refractivity contribution in [2.45, 2.75) is 6.92 Å². The summed E-state index contributed by atoms with van der Waals surface area (Å²) in [6, 6.07) is 9.56. The minimum atomic E-state index is 0.574. The van der Waals surface area contributed by atoms with Crippen molar-refractivity contribution in [3.8, 4) is 11.6 Å². The highest BCUT2D eigenvalue weighted by atomic mass is 127. The molecule has 0 aliphatic rings. The highest BCUT2D eigenvalue weighted by Crippen LogP contribution is 2.20. The van der Waals surface area contributed by atoms with Crippen LogP contribution in [-0.2, 0) is 0 Å². The summed E-state index contributed by atoms with van der Waals surface area (Å²) in [5.74, 6) is 2.07. The summed E-state index contributed by atoms with van der Waals surface area (Å²) < 4.78 is 6.72. The highest BCUT2D eigenvalue weighted by molar-refractivity contribution is 14.1. The lowest BCUT2D eigenvalue weighted by molar-refractivity contribution is 0.459. The van der Waals surface area contributed by atoms with E-state index in [1.54, 1.807) is 12.3 Å². The number of halogens is 1. The summed E-state index contributed by atoms with van der Waals surface area (Å²) >= 11 is 2.24. The number of aromatic nitrogens is 2. The van der Waals surface area contributed by atoms with Gasteiger partial charge in [0.15, 0.2) is 0 Å². The normalized spacial score (nSPS) is 10.0. The van der Waals surface area contributed by atoms with Crippen LogP contribution in [0.15, 0.2) is 36.5 Å². The molecule has 4 heteroatoms. The molecule has 0 atom stereocenters. The molecule has 1 aromatic heterocycles. The smallest absolute Gasteiger partial charge is 0.222 e. The second-order valence-electron chi connectivity index (χ2n) is 3.00. The van der Waals surface area contributed by atoms with Gasteiger partial charge in [0.2, 0.25) is 5.88 Å². The second-order valence-corrected chi connectivity index (χ2v) is 4.25. The molecule has 3 nitrogen and oxygen atoms in total. The Morgan fingerprint density at radius 1 is 1.27 bits per heavy atom. The first kappa shape index (κ1) is 10.4. The Labute approximate surface area is 102 Å². The molecule has 0 spiro atoms. The number of ether oxygens (including phenoxy) is 1. The van der Waals surface area contributed by atoms with Crippen molar-refractivity contribution in [3.63, 3.8) is 0 Å². The monoisotopic (exact) mass is 312 g/mol. The van der Waals surface area contributed by atoms with Crippen molar-refractivity contribution in [1.82, 2.24) is 9.97 Å². The lowest BCUT2D eigenvalue weighted by atomic mass is 10.3. The third-order valence-electron chi connectivity index (χ3n) is 1.77. The predicted octanol–water partition coefficient (Wildman–Crippen LogP) is 3.18. The van der Waals surface area contributed by atoms with Gasteiger partial charge in [0, 0.05) is 15.8 Å². The van der Waals surface area contributed by atoms with E-state index in [-0.39, 0.29) is 0 Å². The van der Waals surface area contributed by atoms with Gasteiger partial charge in [-0.15, -0.1) is 0 Å². The maximum Gasteiger partial charge on any atom is 0.222 e. The Morgan fingerprint density at radius 2 is 2.13 bits per heavy atom. The van der Waals surface area contributed by atoms with Gasteiger partial charge < -0.3 is 4.74 Å². The summed E-state index contributed by atoms with van der Waals surface area (Å²) in [5, 5.41) is 0. The van der Waals surface area contributed by atoms with Crippen LogP contribution in [0.25, 0.3) is 0 Å². The van der Waals surface area contributed by atoms with Crippen LogP contribution in [0.2, 0.25) is 0 Å². The van der Waals surface area contributed by atoms with Crippen molar-refractivity contribution in [2.75, 3.05) is 0 Å². The van der Waals surface area contributed by atoms with Crippen LogP contribution < -0.4 is 4.74 Å². The van der Waals surface area contributed by atoms with Crippen molar-refractivity contribution in [1.29, 1.82) is 0 Å². The molecule has 1 heterocycles. The van der Waals surface area contributed by atoms with E-state index >= 15 is 0 Å². The SMILES string of the molecule is Cc1nccc(Oc2cccc(I)c2)n1. The van der Waals surface area contributed by atoms with E-state index in [1.165, 1.54) is 0 Å². The number of aryl methyl sites for hydroxylation is 1. The van der Waals surface area contributed by atoms with Gasteiger partial charge in [-0.25, -0.2) is 4.98 Å². The lowest BCUT2D eigenvalue weighted by Crippen LogP contribution is -1.91. The molecular weight excluding hydrogens is 303 g/mol. The number of hydrogen-bond acceptors (Lipinski definition) is 3. The van der Waals surface area contributed by atoms with Crippen LogP contribution in [0.4, 0.5) is 0 Å². The summed E-state index contributed by atoms with van der Waals surface area (Å²) in [6.45, 7) is 1.83. The number of nitrogens with zero attached hydrogens (tertiary/aromatic N) is 2. The molecule has 0 N–H and O–H groups in total. The first-order valence-corrected chi connectivity index (χ1v) is 5.55. The van der Waals surface area contributed by atoms with Crippen molar-refractivity contribution >= 4 is 22.6 Å². The van der Waals surface area contributed by atoms with E-state index in [1.807, 2.05) is 31.2 Å². The molecule has 1 aromatic carbocycles. The molecule has 0 bridgehead atoms. The van der Waals surface area contributed by atoms with E-state index in [0.717, 1.165) is 9.32 Å². The molecule has 0 saturated carbocycles. The van der Waals surface area contributed by atoms with Crippen molar-refractivity contribution in [2.24, 2.45) is 0 Å². The van der Waals surface area contributed by atoms with Gasteiger partial charge in [-0.1, -0.05) is 6.07 Å². The van der Waals surface area contributed by atoms with Crippen molar-refractivity contribution in [3.05, 3.63) is 45.9 Å². The van der Waals surface area contributed by atoms with Crippen LogP contribution in [0.1, 0.15) is 5.82 Å². The van der Waals surface area contributed by atoms with Crippen LogP contribution >= 0.6 is 22.6 Å². The molecule has 76 valence electrons. The van der Waals surface area contributed by atoms with E-state index in [0.29, 0.717) is 11.7 Å². The first-order valence-electron chi connectivity index (χ1n) is 4.47. The van der Waals surface area contributed by atoms with Gasteiger partial charge in [0.25, 0.3) is 0 Å². The highest BCUT2D eigenvalue weighted by Gasteiger charge is 1.99. The van der Waals surface area contributed by atoms with Gasteiger partial charge in [0.05, 0.1) is 0 Å². The van der Waals surface area contributed by atoms with E-state index in [4.69, 9.17) is 4.74 Å². The molecule has 0 fully saturated rings. The largest absolute Gasteiger partial charge is 0.439 e. The average Bonchev–Trinajstić information content (AvgIpc) is 2.17. The second kappa shape index (κ2) is 4.57. The van der Waals surface area contributed by atoms with Crippen LogP contribution in [0.5, 0.6) is 11.6 Å². The van der Waals surface area contributed by atoms with Crippen LogP contribution in [0, 0.1) is 10.5 Å². The Hall–Kier alpha value is -1.17. The molecule has 0 unspecified atom stereocenters. The van der Waals surface area contributed by atoms with Crippen LogP contribution in [-0.4, -0.2) is 9.97 Å². The van der Waals surface area contributed by atoms with Gasteiger partial charge in [-0.2, -0.15) is 4.98 Å². The van der Waals surface area contributed by atoms with E-state index in [2.05, 4.69) is 32.6 Å². The summed E-state index contributed by atoms with van der Waals surface area (Å²) in [4.78, 5) is 8.17. The molecule has 0 radical (unpaired) electrons. The summed E-state index contributed by atoms with van der Waals surface area (Å²) in [7, 11) is 0. The van der Waals surface area contributed by atoms with Crippen molar-refractivity contribution < 1.29 is 4.74 Å². The van der Waals surface area contributed by atoms with Gasteiger partial charge >= 0.3 is 0 Å². The van der Waals surface area contributed by atoms with Gasteiger partial charge in [-0.05, 0) is 47.7 Å². The number of hydrogen-bond donors (Lipinski definition) is 0. The quantitative estimate of drug-likeness (QED) is 0.799. The molecule has 2 rings (SSSR count). The Kier molecular flexibility index (Phi) is 3.15. The maximum atomic E-state index is 5.58. The fourth-order valence-corrected chi connectivity index (χ4v) is 1.66. The molecular formula is C11H9IN2O. The Balaban J connectivity index is 2.22. The van der Waals surface area contributed by atoms with Crippen LogP contribution in [0.3, 0.4) is 0 Å².